The number of anilines is 1. The summed E-state index contributed by atoms with van der Waals surface area (Å²) in [6.45, 7) is 0. The fraction of sp³-hybridized carbons (Fsp3) is 0.167. The Hall–Kier alpha value is -3.55. The van der Waals surface area contributed by atoms with Gasteiger partial charge >= 0.3 is 0 Å². The SMILES string of the molecule is COc1cc(C(=O)Nc2cc(-c3ccccn3)no2)cc(OC)c1OC. The van der Waals surface area contributed by atoms with Gasteiger partial charge in [0.05, 0.1) is 27.0 Å². The maximum Gasteiger partial charge on any atom is 0.258 e. The van der Waals surface area contributed by atoms with Crippen LogP contribution in [0, 0.1) is 0 Å². The minimum Gasteiger partial charge on any atom is -0.493 e. The minimum atomic E-state index is -0.409. The second kappa shape index (κ2) is 7.56. The largest absolute Gasteiger partial charge is 0.493 e. The average Bonchev–Trinajstić information content (AvgIpc) is 3.15. The Bertz CT molecular complexity index is 883. The quantitative estimate of drug-likeness (QED) is 0.726. The number of carbonyl (C=O) groups excluding carboxylic acids is 1. The van der Waals surface area contributed by atoms with Crippen molar-refractivity contribution >= 4 is 11.8 Å². The van der Waals surface area contributed by atoms with Crippen LogP contribution in [0.2, 0.25) is 0 Å². The maximum absolute atomic E-state index is 12.5. The number of nitrogens with one attached hydrogen (secondary N) is 1. The number of pyridine rings is 1. The van der Waals surface area contributed by atoms with Gasteiger partial charge in [0, 0.05) is 17.8 Å². The lowest BCUT2D eigenvalue weighted by molar-refractivity contribution is 0.102. The van der Waals surface area contributed by atoms with E-state index in [0.717, 1.165) is 0 Å². The highest BCUT2D eigenvalue weighted by atomic mass is 16.5. The minimum absolute atomic E-state index is 0.199. The smallest absolute Gasteiger partial charge is 0.258 e. The normalized spacial score (nSPS) is 10.3. The molecule has 3 rings (SSSR count). The summed E-state index contributed by atoms with van der Waals surface area (Å²) in [7, 11) is 4.46. The Morgan fingerprint density at radius 2 is 1.73 bits per heavy atom. The van der Waals surface area contributed by atoms with Crippen molar-refractivity contribution < 1.29 is 23.5 Å². The van der Waals surface area contributed by atoms with E-state index in [0.29, 0.717) is 34.2 Å². The van der Waals surface area contributed by atoms with Crippen LogP contribution in [0.5, 0.6) is 17.2 Å². The van der Waals surface area contributed by atoms with E-state index >= 15 is 0 Å². The number of benzene rings is 1. The number of amides is 1. The molecule has 2 aromatic heterocycles. The van der Waals surface area contributed by atoms with Crippen molar-refractivity contribution in [2.75, 3.05) is 26.6 Å². The van der Waals surface area contributed by atoms with Gasteiger partial charge in [0.2, 0.25) is 11.6 Å². The van der Waals surface area contributed by atoms with E-state index < -0.39 is 5.91 Å². The van der Waals surface area contributed by atoms with Crippen molar-refractivity contribution in [1.82, 2.24) is 10.1 Å². The molecule has 1 aromatic carbocycles. The molecular weight excluding hydrogens is 338 g/mol. The molecule has 0 bridgehead atoms. The molecular formula is C18H17N3O5. The van der Waals surface area contributed by atoms with Gasteiger partial charge in [0.25, 0.3) is 5.91 Å². The summed E-state index contributed by atoms with van der Waals surface area (Å²) >= 11 is 0. The molecule has 3 aromatic rings. The van der Waals surface area contributed by atoms with Gasteiger partial charge in [-0.15, -0.1) is 0 Å². The molecule has 0 saturated carbocycles. The van der Waals surface area contributed by atoms with Crippen LogP contribution in [0.3, 0.4) is 0 Å². The molecule has 1 amide bonds. The van der Waals surface area contributed by atoms with Crippen molar-refractivity contribution in [1.29, 1.82) is 0 Å². The summed E-state index contributed by atoms with van der Waals surface area (Å²) in [6.07, 6.45) is 1.65. The summed E-state index contributed by atoms with van der Waals surface area (Å²) in [4.78, 5) is 16.7. The molecule has 0 saturated heterocycles. The van der Waals surface area contributed by atoms with Gasteiger partial charge in [-0.25, -0.2) is 0 Å². The van der Waals surface area contributed by atoms with Crippen LogP contribution in [-0.4, -0.2) is 37.4 Å². The average molecular weight is 355 g/mol. The van der Waals surface area contributed by atoms with Gasteiger partial charge in [0.15, 0.2) is 11.5 Å². The summed E-state index contributed by atoms with van der Waals surface area (Å²) in [5.41, 5.74) is 1.48. The van der Waals surface area contributed by atoms with Gasteiger partial charge in [-0.2, -0.15) is 0 Å². The predicted octanol–water partition coefficient (Wildman–Crippen LogP) is 3.01. The lowest BCUT2D eigenvalue weighted by Gasteiger charge is -2.13. The van der Waals surface area contributed by atoms with E-state index in [9.17, 15) is 4.79 Å². The van der Waals surface area contributed by atoms with E-state index in [4.69, 9.17) is 18.7 Å². The number of rotatable bonds is 6. The standard InChI is InChI=1S/C18H17N3O5/c1-23-14-8-11(9-15(24-2)17(14)25-3)18(22)20-16-10-13(21-26-16)12-6-4-5-7-19-12/h4-10H,1-3H3,(H,20,22). The molecule has 0 radical (unpaired) electrons. The monoisotopic (exact) mass is 355 g/mol. The lowest BCUT2D eigenvalue weighted by atomic mass is 10.1. The second-order valence-electron chi connectivity index (χ2n) is 5.16. The Morgan fingerprint density at radius 1 is 1.00 bits per heavy atom. The number of methoxy groups -OCH3 is 3. The Balaban J connectivity index is 1.83. The molecule has 0 fully saturated rings. The molecule has 8 nitrogen and oxygen atoms in total. The number of hydrogen-bond acceptors (Lipinski definition) is 7. The molecule has 8 heteroatoms. The molecule has 0 spiro atoms. The van der Waals surface area contributed by atoms with Crippen molar-refractivity contribution in [3.05, 3.63) is 48.2 Å². The Morgan fingerprint density at radius 3 is 2.31 bits per heavy atom. The first kappa shape index (κ1) is 17.3. The molecule has 0 aliphatic rings. The number of carbonyl (C=O) groups is 1. The molecule has 0 unspecified atom stereocenters. The van der Waals surface area contributed by atoms with Crippen LogP contribution in [0.25, 0.3) is 11.4 Å². The van der Waals surface area contributed by atoms with Gasteiger partial charge < -0.3 is 18.7 Å². The van der Waals surface area contributed by atoms with Crippen molar-refractivity contribution in [2.24, 2.45) is 0 Å². The summed E-state index contributed by atoms with van der Waals surface area (Å²) < 4.78 is 20.9. The third kappa shape index (κ3) is 3.44. The van der Waals surface area contributed by atoms with Crippen LogP contribution >= 0.6 is 0 Å². The fourth-order valence-electron chi connectivity index (χ4n) is 2.37. The van der Waals surface area contributed by atoms with Gasteiger partial charge in [0.1, 0.15) is 5.69 Å². The van der Waals surface area contributed by atoms with Crippen molar-refractivity contribution in [2.45, 2.75) is 0 Å². The van der Waals surface area contributed by atoms with Crippen LogP contribution in [0.1, 0.15) is 10.4 Å². The van der Waals surface area contributed by atoms with Crippen LogP contribution in [-0.2, 0) is 0 Å². The van der Waals surface area contributed by atoms with Crippen molar-refractivity contribution in [3.8, 4) is 28.6 Å². The van der Waals surface area contributed by atoms with Gasteiger partial charge in [-0.05, 0) is 24.3 Å². The van der Waals surface area contributed by atoms with E-state index in [-0.39, 0.29) is 5.88 Å². The number of hydrogen-bond donors (Lipinski definition) is 1. The number of aromatic nitrogens is 2. The lowest BCUT2D eigenvalue weighted by Crippen LogP contribution is -2.12. The summed E-state index contributed by atoms with van der Waals surface area (Å²) in [5.74, 6) is 0.952. The zero-order valence-electron chi connectivity index (χ0n) is 14.5. The fourth-order valence-corrected chi connectivity index (χ4v) is 2.37. The zero-order valence-corrected chi connectivity index (χ0v) is 14.5. The van der Waals surface area contributed by atoms with E-state index in [2.05, 4.69) is 15.5 Å². The first-order valence-corrected chi connectivity index (χ1v) is 7.65. The van der Waals surface area contributed by atoms with E-state index in [1.165, 1.54) is 21.3 Å². The predicted molar refractivity (Wildman–Crippen MR) is 93.8 cm³/mol. The third-order valence-corrected chi connectivity index (χ3v) is 3.60. The number of ether oxygens (including phenoxy) is 3. The third-order valence-electron chi connectivity index (χ3n) is 3.60. The zero-order chi connectivity index (χ0) is 18.5. The molecule has 0 atom stereocenters. The van der Waals surface area contributed by atoms with E-state index in [1.54, 1.807) is 36.5 Å². The molecule has 26 heavy (non-hydrogen) atoms. The topological polar surface area (TPSA) is 95.7 Å². The Labute approximate surface area is 149 Å². The maximum atomic E-state index is 12.5. The van der Waals surface area contributed by atoms with Crippen LogP contribution < -0.4 is 19.5 Å². The van der Waals surface area contributed by atoms with Gasteiger partial charge in [-0.3, -0.25) is 15.1 Å². The molecule has 0 aliphatic carbocycles. The summed E-state index contributed by atoms with van der Waals surface area (Å²) in [6, 6.07) is 10.1. The van der Waals surface area contributed by atoms with Crippen molar-refractivity contribution in [3.63, 3.8) is 0 Å². The summed E-state index contributed by atoms with van der Waals surface area (Å²) in [5, 5.41) is 6.55. The van der Waals surface area contributed by atoms with E-state index in [1.807, 2.05) is 6.07 Å². The molecule has 0 aliphatic heterocycles. The first-order chi connectivity index (χ1) is 12.7. The molecule has 1 N–H and O–H groups in total. The number of nitrogens with zero attached hydrogens (tertiary/aromatic N) is 2. The highest BCUT2D eigenvalue weighted by Gasteiger charge is 2.18. The van der Waals surface area contributed by atoms with Gasteiger partial charge in [-0.1, -0.05) is 11.2 Å². The van der Waals surface area contributed by atoms with Crippen LogP contribution in [0.4, 0.5) is 5.88 Å². The highest BCUT2D eigenvalue weighted by molar-refractivity contribution is 6.04. The van der Waals surface area contributed by atoms with Crippen LogP contribution in [0.15, 0.2) is 47.1 Å². The Kier molecular flexibility index (Phi) is 5.02. The first-order valence-electron chi connectivity index (χ1n) is 7.65. The highest BCUT2D eigenvalue weighted by Crippen LogP contribution is 2.38. The second-order valence-corrected chi connectivity index (χ2v) is 5.16. The molecule has 134 valence electrons. The molecule has 2 heterocycles.